The molecule has 1 atom stereocenters. The maximum atomic E-state index is 13.2. The van der Waals surface area contributed by atoms with Gasteiger partial charge < -0.3 is 25.1 Å². The fraction of sp³-hybridized carbons (Fsp3) is 0.409. The summed E-state index contributed by atoms with van der Waals surface area (Å²) in [6, 6.07) is 10.3. The summed E-state index contributed by atoms with van der Waals surface area (Å²) in [5, 5.41) is 13.6. The second kappa shape index (κ2) is 10.0. The monoisotopic (exact) mass is 518 g/mol. The lowest BCUT2D eigenvalue weighted by Gasteiger charge is -2.31. The number of fused-ring (bicyclic) bond motifs is 2. The Bertz CT molecular complexity index is 1470. The summed E-state index contributed by atoms with van der Waals surface area (Å²) in [4.78, 5) is 17.1. The first-order valence-corrected chi connectivity index (χ1v) is 13.5. The number of para-hydroxylation sites is 1. The number of hydrogen-bond donors (Lipinski definition) is 4. The molecule has 35 heavy (non-hydrogen) atoms. The van der Waals surface area contributed by atoms with Gasteiger partial charge in [0, 0.05) is 19.6 Å². The number of hydrogen-bond acceptors (Lipinski definition) is 9. The van der Waals surface area contributed by atoms with Gasteiger partial charge in [0.2, 0.25) is 10.0 Å². The van der Waals surface area contributed by atoms with E-state index < -0.39 is 16.1 Å². The Labute approximate surface area is 205 Å². The normalized spacial score (nSPS) is 16.7. The van der Waals surface area contributed by atoms with Gasteiger partial charge in [-0.2, -0.15) is 13.1 Å². The van der Waals surface area contributed by atoms with Crippen LogP contribution in [0.3, 0.4) is 0 Å². The van der Waals surface area contributed by atoms with E-state index in [1.807, 2.05) is 0 Å². The lowest BCUT2D eigenvalue weighted by Crippen LogP contribution is -2.42. The van der Waals surface area contributed by atoms with Crippen molar-refractivity contribution < 1.29 is 18.3 Å². The van der Waals surface area contributed by atoms with Gasteiger partial charge >= 0.3 is 5.69 Å². The Morgan fingerprint density at radius 2 is 1.97 bits per heavy atom. The molecule has 186 valence electrons. The summed E-state index contributed by atoms with van der Waals surface area (Å²) in [5.74, 6) is 0.808. The van der Waals surface area contributed by atoms with E-state index in [9.17, 15) is 18.3 Å². The highest BCUT2D eigenvalue weighted by atomic mass is 32.2. The molecule has 0 unspecified atom stereocenters. The smallest absolute Gasteiger partial charge is 0.323 e. The van der Waals surface area contributed by atoms with E-state index in [0.717, 1.165) is 24.6 Å². The van der Waals surface area contributed by atoms with Crippen molar-refractivity contribution in [2.75, 3.05) is 32.8 Å². The van der Waals surface area contributed by atoms with Gasteiger partial charge in [0.05, 0.1) is 17.2 Å². The zero-order valence-electron chi connectivity index (χ0n) is 18.8. The van der Waals surface area contributed by atoms with Crippen molar-refractivity contribution in [1.82, 2.24) is 28.3 Å². The molecule has 11 nitrogen and oxygen atoms in total. The number of rotatable bonds is 9. The highest BCUT2D eigenvalue weighted by Gasteiger charge is 2.31. The van der Waals surface area contributed by atoms with E-state index in [1.54, 1.807) is 36.4 Å². The molecule has 2 aromatic carbocycles. The summed E-state index contributed by atoms with van der Waals surface area (Å²) in [6.45, 7) is 1.97. The summed E-state index contributed by atoms with van der Waals surface area (Å²) >= 11 is 1.01. The third kappa shape index (κ3) is 5.09. The van der Waals surface area contributed by atoms with Crippen LogP contribution in [0.15, 0.2) is 46.1 Å². The van der Waals surface area contributed by atoms with E-state index in [-0.39, 0.29) is 17.2 Å². The summed E-state index contributed by atoms with van der Waals surface area (Å²) < 4.78 is 41.8. The minimum absolute atomic E-state index is 0.0764. The van der Waals surface area contributed by atoms with Crippen LogP contribution in [-0.4, -0.2) is 75.4 Å². The predicted molar refractivity (Wildman–Crippen MR) is 132 cm³/mol. The summed E-state index contributed by atoms with van der Waals surface area (Å²) in [5.41, 5.74) is 1.93. The van der Waals surface area contributed by atoms with Crippen LogP contribution in [0.2, 0.25) is 0 Å². The number of piperidine rings is 1. The first-order chi connectivity index (χ1) is 16.9. The predicted octanol–water partition coefficient (Wildman–Crippen LogP) is 1.29. The lowest BCUT2D eigenvalue weighted by molar-refractivity contribution is 0.105. The third-order valence-electron chi connectivity index (χ3n) is 6.20. The standard InChI is InChI=1S/C22H26N6O5S2/c29-15(13-33-18-5-1-3-16-20(18)25-22(30)24-16)12-23-11-14-7-9-28(10-8-14)35(31,32)19-6-2-4-17-21(19)27-34-26-17/h1-6,14-15,23,29H,7-13H2,(H2,24,25,30)/t15-/m1/s1. The van der Waals surface area contributed by atoms with E-state index in [0.29, 0.717) is 59.9 Å². The maximum Gasteiger partial charge on any atom is 0.323 e. The molecule has 0 saturated carbocycles. The van der Waals surface area contributed by atoms with Gasteiger partial charge in [-0.3, -0.25) is 0 Å². The number of aliphatic hydroxyl groups excluding tert-OH is 1. The Hall–Kier alpha value is -2.84. The number of nitrogens with zero attached hydrogens (tertiary/aromatic N) is 3. The van der Waals surface area contributed by atoms with Crippen LogP contribution in [-0.2, 0) is 10.0 Å². The Balaban J connectivity index is 1.08. The minimum atomic E-state index is -3.63. The number of aliphatic hydroxyl groups is 1. The van der Waals surface area contributed by atoms with Crippen LogP contribution in [0.25, 0.3) is 22.1 Å². The zero-order valence-corrected chi connectivity index (χ0v) is 20.4. The molecule has 0 bridgehead atoms. The molecule has 3 heterocycles. The van der Waals surface area contributed by atoms with Gasteiger partial charge in [-0.15, -0.1) is 0 Å². The molecule has 1 aliphatic heterocycles. The molecule has 1 fully saturated rings. The highest BCUT2D eigenvalue weighted by Crippen LogP contribution is 2.28. The van der Waals surface area contributed by atoms with Crippen LogP contribution < -0.4 is 15.7 Å². The molecule has 0 radical (unpaired) electrons. The number of benzene rings is 2. The number of ether oxygens (including phenoxy) is 1. The van der Waals surface area contributed by atoms with Crippen LogP contribution >= 0.6 is 11.7 Å². The number of aromatic nitrogens is 4. The molecular formula is C22H26N6O5S2. The van der Waals surface area contributed by atoms with Crippen molar-refractivity contribution in [3.8, 4) is 5.75 Å². The SMILES string of the molecule is O=c1[nH]c2cccc(OC[C@H](O)CNCC3CCN(S(=O)(=O)c4cccc5nsnc45)CC3)c2[nH]1. The van der Waals surface area contributed by atoms with Gasteiger partial charge in [-0.25, -0.2) is 13.2 Å². The van der Waals surface area contributed by atoms with Crippen molar-refractivity contribution in [3.05, 3.63) is 46.9 Å². The number of H-pyrrole nitrogens is 2. The van der Waals surface area contributed by atoms with Crippen molar-refractivity contribution in [3.63, 3.8) is 0 Å². The average Bonchev–Trinajstić information content (AvgIpc) is 3.48. The summed E-state index contributed by atoms with van der Waals surface area (Å²) in [6.07, 6.45) is 0.725. The van der Waals surface area contributed by atoms with Gasteiger partial charge in [-0.05, 0) is 49.6 Å². The van der Waals surface area contributed by atoms with Crippen molar-refractivity contribution in [1.29, 1.82) is 0 Å². The number of imidazole rings is 1. The number of aromatic amines is 2. The topological polar surface area (TPSA) is 153 Å². The van der Waals surface area contributed by atoms with Crippen molar-refractivity contribution in [2.45, 2.75) is 23.8 Å². The molecule has 1 saturated heterocycles. The van der Waals surface area contributed by atoms with Gasteiger partial charge in [0.15, 0.2) is 0 Å². The number of nitrogens with one attached hydrogen (secondary N) is 3. The Morgan fingerprint density at radius 1 is 1.17 bits per heavy atom. The zero-order chi connectivity index (χ0) is 24.4. The van der Waals surface area contributed by atoms with Crippen molar-refractivity contribution >= 4 is 43.8 Å². The molecule has 0 amide bonds. The van der Waals surface area contributed by atoms with Gasteiger partial charge in [-0.1, -0.05) is 12.1 Å². The minimum Gasteiger partial charge on any atom is -0.489 e. The van der Waals surface area contributed by atoms with Crippen LogP contribution in [0.1, 0.15) is 12.8 Å². The molecule has 13 heteroatoms. The molecule has 0 spiro atoms. The molecule has 5 rings (SSSR count). The first kappa shape index (κ1) is 23.9. The second-order valence-electron chi connectivity index (χ2n) is 8.62. The summed E-state index contributed by atoms with van der Waals surface area (Å²) in [7, 11) is -3.63. The molecule has 4 N–H and O–H groups in total. The third-order valence-corrected chi connectivity index (χ3v) is 8.67. The lowest BCUT2D eigenvalue weighted by atomic mass is 9.98. The van der Waals surface area contributed by atoms with E-state index >= 15 is 0 Å². The second-order valence-corrected chi connectivity index (χ2v) is 11.1. The van der Waals surface area contributed by atoms with E-state index in [4.69, 9.17) is 4.74 Å². The molecule has 2 aromatic heterocycles. The van der Waals surface area contributed by atoms with Gasteiger partial charge in [0.25, 0.3) is 0 Å². The van der Waals surface area contributed by atoms with E-state index in [2.05, 4.69) is 24.0 Å². The van der Waals surface area contributed by atoms with Gasteiger partial charge in [0.1, 0.15) is 39.9 Å². The maximum absolute atomic E-state index is 13.2. The van der Waals surface area contributed by atoms with Crippen molar-refractivity contribution in [2.24, 2.45) is 5.92 Å². The largest absolute Gasteiger partial charge is 0.489 e. The fourth-order valence-electron chi connectivity index (χ4n) is 4.33. The Morgan fingerprint density at radius 3 is 2.80 bits per heavy atom. The molecule has 1 aliphatic rings. The number of sulfonamides is 1. The van der Waals surface area contributed by atoms with Crippen LogP contribution in [0, 0.1) is 5.92 Å². The van der Waals surface area contributed by atoms with E-state index in [1.165, 1.54) is 4.31 Å². The average molecular weight is 519 g/mol. The molecule has 0 aliphatic carbocycles. The molecular weight excluding hydrogens is 492 g/mol. The quantitative estimate of drug-likeness (QED) is 0.259. The van der Waals surface area contributed by atoms with Crippen LogP contribution in [0.5, 0.6) is 5.75 Å². The fourth-order valence-corrected chi connectivity index (χ4v) is 6.56. The Kier molecular flexibility index (Phi) is 6.84. The van der Waals surface area contributed by atoms with Crippen LogP contribution in [0.4, 0.5) is 0 Å². The highest BCUT2D eigenvalue weighted by molar-refractivity contribution is 7.89. The molecule has 4 aromatic rings. The first-order valence-electron chi connectivity index (χ1n) is 11.4.